The van der Waals surface area contributed by atoms with Gasteiger partial charge in [-0.25, -0.2) is 4.99 Å². The summed E-state index contributed by atoms with van der Waals surface area (Å²) in [5, 5.41) is 3.69. The van der Waals surface area contributed by atoms with Crippen molar-refractivity contribution in [2.45, 2.75) is 33.4 Å². The Kier molecular flexibility index (Phi) is 5.78. The number of nitrogens with zero attached hydrogens (tertiary/aromatic N) is 1. The number of halogens is 1. The molecule has 0 amide bonds. The number of nitrogens with one attached hydrogen (secondary N) is 1. The molecular formula is C13H20ClN3O. The van der Waals surface area contributed by atoms with Crippen molar-refractivity contribution in [2.75, 3.05) is 6.61 Å². The van der Waals surface area contributed by atoms with Crippen LogP contribution in [-0.2, 0) is 6.54 Å². The second-order valence-corrected chi connectivity index (χ2v) is 4.62. The number of rotatable bonds is 5. The predicted molar refractivity (Wildman–Crippen MR) is 76.2 cm³/mol. The van der Waals surface area contributed by atoms with Crippen LogP contribution in [0.1, 0.15) is 26.3 Å². The monoisotopic (exact) mass is 269 g/mol. The van der Waals surface area contributed by atoms with Crippen LogP contribution in [0, 0.1) is 0 Å². The molecule has 0 fully saturated rings. The zero-order valence-electron chi connectivity index (χ0n) is 11.0. The van der Waals surface area contributed by atoms with Gasteiger partial charge in [0.1, 0.15) is 5.75 Å². The number of benzene rings is 1. The Labute approximate surface area is 113 Å². The normalized spacial score (nSPS) is 11.7. The number of guanidine groups is 1. The first kappa shape index (κ1) is 14.6. The number of ether oxygens (including phenoxy) is 1. The van der Waals surface area contributed by atoms with Crippen LogP contribution >= 0.6 is 11.6 Å². The molecule has 0 saturated heterocycles. The van der Waals surface area contributed by atoms with E-state index >= 15 is 0 Å². The minimum absolute atomic E-state index is 0.269. The highest BCUT2D eigenvalue weighted by Crippen LogP contribution is 2.24. The molecule has 0 radical (unpaired) electrons. The van der Waals surface area contributed by atoms with Gasteiger partial charge in [-0.05, 0) is 32.9 Å². The summed E-state index contributed by atoms with van der Waals surface area (Å²) in [6, 6.07) is 5.79. The Morgan fingerprint density at radius 3 is 2.83 bits per heavy atom. The van der Waals surface area contributed by atoms with Crippen molar-refractivity contribution in [1.82, 2.24) is 5.32 Å². The average Bonchev–Trinajstić information content (AvgIpc) is 2.27. The van der Waals surface area contributed by atoms with Crippen LogP contribution in [0.3, 0.4) is 0 Å². The smallest absolute Gasteiger partial charge is 0.189 e. The molecule has 0 bridgehead atoms. The van der Waals surface area contributed by atoms with Crippen LogP contribution in [0.4, 0.5) is 0 Å². The van der Waals surface area contributed by atoms with Crippen LogP contribution in [0.5, 0.6) is 5.75 Å². The summed E-state index contributed by atoms with van der Waals surface area (Å²) in [6.45, 7) is 7.02. The van der Waals surface area contributed by atoms with Crippen LogP contribution in [0.15, 0.2) is 23.2 Å². The predicted octanol–water partition coefficient (Wildman–Crippen LogP) is 2.55. The Bertz CT molecular complexity index is 419. The number of hydrogen-bond acceptors (Lipinski definition) is 2. The van der Waals surface area contributed by atoms with Gasteiger partial charge in [-0.1, -0.05) is 17.7 Å². The van der Waals surface area contributed by atoms with Gasteiger partial charge < -0.3 is 15.8 Å². The van der Waals surface area contributed by atoms with Crippen molar-refractivity contribution in [3.05, 3.63) is 28.8 Å². The van der Waals surface area contributed by atoms with Crippen LogP contribution in [0.25, 0.3) is 0 Å². The van der Waals surface area contributed by atoms with Gasteiger partial charge in [-0.15, -0.1) is 0 Å². The molecule has 0 saturated carbocycles. The zero-order chi connectivity index (χ0) is 13.5. The second-order valence-electron chi connectivity index (χ2n) is 4.19. The minimum atomic E-state index is 0.269. The highest BCUT2D eigenvalue weighted by molar-refractivity contribution is 6.30. The quantitative estimate of drug-likeness (QED) is 0.638. The van der Waals surface area contributed by atoms with Gasteiger partial charge in [0.15, 0.2) is 5.96 Å². The molecule has 0 atom stereocenters. The highest BCUT2D eigenvalue weighted by Gasteiger charge is 2.04. The molecule has 18 heavy (non-hydrogen) atoms. The Hall–Kier alpha value is -1.42. The maximum absolute atomic E-state index is 5.93. The molecule has 1 aromatic rings. The van der Waals surface area contributed by atoms with Crippen molar-refractivity contribution in [1.29, 1.82) is 0 Å². The van der Waals surface area contributed by atoms with E-state index in [2.05, 4.69) is 10.3 Å². The minimum Gasteiger partial charge on any atom is -0.493 e. The van der Waals surface area contributed by atoms with Crippen molar-refractivity contribution >= 4 is 17.6 Å². The van der Waals surface area contributed by atoms with E-state index in [4.69, 9.17) is 22.1 Å². The first-order valence-corrected chi connectivity index (χ1v) is 6.38. The lowest BCUT2D eigenvalue weighted by Crippen LogP contribution is -2.36. The van der Waals surface area contributed by atoms with Crippen molar-refractivity contribution < 1.29 is 4.74 Å². The lowest BCUT2D eigenvalue weighted by atomic mass is 10.2. The lowest BCUT2D eigenvalue weighted by molar-refractivity contribution is 0.336. The number of hydrogen-bond donors (Lipinski definition) is 2. The summed E-state index contributed by atoms with van der Waals surface area (Å²) in [5.74, 6) is 1.19. The second kappa shape index (κ2) is 7.11. The summed E-state index contributed by atoms with van der Waals surface area (Å²) < 4.78 is 5.52. The molecule has 4 nitrogen and oxygen atoms in total. The first-order valence-electron chi connectivity index (χ1n) is 6.00. The lowest BCUT2D eigenvalue weighted by Gasteiger charge is -2.11. The molecule has 1 rings (SSSR count). The molecular weight excluding hydrogens is 250 g/mol. The summed E-state index contributed by atoms with van der Waals surface area (Å²) in [7, 11) is 0. The van der Waals surface area contributed by atoms with Gasteiger partial charge in [-0.2, -0.15) is 0 Å². The summed E-state index contributed by atoms with van der Waals surface area (Å²) in [4.78, 5) is 4.27. The van der Waals surface area contributed by atoms with E-state index in [1.165, 1.54) is 0 Å². The SMILES string of the molecule is CCOc1cc(Cl)ccc1CN=C(N)NC(C)C. The Morgan fingerprint density at radius 2 is 2.22 bits per heavy atom. The fraction of sp³-hybridized carbons (Fsp3) is 0.462. The van der Waals surface area contributed by atoms with E-state index in [9.17, 15) is 0 Å². The zero-order valence-corrected chi connectivity index (χ0v) is 11.8. The van der Waals surface area contributed by atoms with E-state index in [0.29, 0.717) is 24.1 Å². The molecule has 0 aliphatic carbocycles. The average molecular weight is 270 g/mol. The van der Waals surface area contributed by atoms with E-state index in [0.717, 1.165) is 11.3 Å². The Morgan fingerprint density at radius 1 is 1.50 bits per heavy atom. The maximum Gasteiger partial charge on any atom is 0.189 e. The fourth-order valence-corrected chi connectivity index (χ4v) is 1.62. The van der Waals surface area contributed by atoms with Gasteiger partial charge in [0.2, 0.25) is 0 Å². The molecule has 3 N–H and O–H groups in total. The van der Waals surface area contributed by atoms with Gasteiger partial charge in [0.05, 0.1) is 13.2 Å². The molecule has 0 aromatic heterocycles. The topological polar surface area (TPSA) is 59.6 Å². The fourth-order valence-electron chi connectivity index (χ4n) is 1.46. The van der Waals surface area contributed by atoms with Crippen LogP contribution < -0.4 is 15.8 Å². The first-order chi connectivity index (χ1) is 8.52. The summed E-state index contributed by atoms with van der Waals surface area (Å²) >= 11 is 5.93. The molecule has 0 heterocycles. The molecule has 0 aliphatic rings. The standard InChI is InChI=1S/C13H20ClN3O/c1-4-18-12-7-11(14)6-5-10(12)8-16-13(15)17-9(2)3/h5-7,9H,4,8H2,1-3H3,(H3,15,16,17). The number of nitrogens with two attached hydrogens (primary N) is 1. The molecule has 0 spiro atoms. The van der Waals surface area contributed by atoms with E-state index in [-0.39, 0.29) is 6.04 Å². The van der Waals surface area contributed by atoms with Gasteiger partial charge in [-0.3, -0.25) is 0 Å². The molecule has 0 unspecified atom stereocenters. The van der Waals surface area contributed by atoms with Gasteiger partial charge >= 0.3 is 0 Å². The Balaban J connectivity index is 2.77. The largest absolute Gasteiger partial charge is 0.493 e. The summed E-state index contributed by atoms with van der Waals surface area (Å²) in [6.07, 6.45) is 0. The maximum atomic E-state index is 5.93. The van der Waals surface area contributed by atoms with Gasteiger partial charge in [0.25, 0.3) is 0 Å². The van der Waals surface area contributed by atoms with Crippen molar-refractivity contribution in [3.8, 4) is 5.75 Å². The van der Waals surface area contributed by atoms with Gasteiger partial charge in [0, 0.05) is 16.6 Å². The summed E-state index contributed by atoms with van der Waals surface area (Å²) in [5.41, 5.74) is 6.72. The molecule has 1 aromatic carbocycles. The van der Waals surface area contributed by atoms with Crippen molar-refractivity contribution in [3.63, 3.8) is 0 Å². The van der Waals surface area contributed by atoms with E-state index < -0.39 is 0 Å². The van der Waals surface area contributed by atoms with E-state index in [1.807, 2.05) is 32.9 Å². The third kappa shape index (κ3) is 4.84. The van der Waals surface area contributed by atoms with Crippen molar-refractivity contribution in [2.24, 2.45) is 10.7 Å². The highest BCUT2D eigenvalue weighted by atomic mass is 35.5. The third-order valence-electron chi connectivity index (χ3n) is 2.19. The van der Waals surface area contributed by atoms with Crippen LogP contribution in [0.2, 0.25) is 5.02 Å². The molecule has 5 heteroatoms. The number of aliphatic imine (C=N–C) groups is 1. The van der Waals surface area contributed by atoms with Crippen LogP contribution in [-0.4, -0.2) is 18.6 Å². The molecule has 0 aliphatic heterocycles. The van der Waals surface area contributed by atoms with E-state index in [1.54, 1.807) is 6.07 Å². The molecule has 100 valence electrons. The third-order valence-corrected chi connectivity index (χ3v) is 2.42.